The zero-order valence-corrected chi connectivity index (χ0v) is 15.2. The van der Waals surface area contributed by atoms with E-state index in [4.69, 9.17) is 4.98 Å². The maximum atomic E-state index is 12.6. The van der Waals surface area contributed by atoms with Crippen molar-refractivity contribution in [3.05, 3.63) is 53.9 Å². The van der Waals surface area contributed by atoms with Crippen LogP contribution < -0.4 is 4.90 Å². The molecule has 3 aromatic rings. The molecule has 140 valence electrons. The van der Waals surface area contributed by atoms with E-state index in [1.54, 1.807) is 11.3 Å². The van der Waals surface area contributed by atoms with Crippen molar-refractivity contribution in [2.75, 3.05) is 18.0 Å². The molecule has 6 rings (SSSR count). The lowest BCUT2D eigenvalue weighted by atomic mass is 9.88. The maximum absolute atomic E-state index is 12.6. The summed E-state index contributed by atoms with van der Waals surface area (Å²) in [6.07, 6.45) is -1.89. The molecule has 0 aliphatic carbocycles. The van der Waals surface area contributed by atoms with Gasteiger partial charge in [-0.3, -0.25) is 9.88 Å². The number of halogens is 3. The van der Waals surface area contributed by atoms with Gasteiger partial charge in [0.1, 0.15) is 5.69 Å². The smallest absolute Gasteiger partial charge is 0.339 e. The molecule has 2 bridgehead atoms. The molecule has 2 unspecified atom stereocenters. The van der Waals surface area contributed by atoms with Crippen LogP contribution in [0.4, 0.5) is 18.3 Å². The number of rotatable bonds is 3. The number of benzene rings is 1. The lowest BCUT2D eigenvalue weighted by Crippen LogP contribution is -2.68. The number of alkyl halides is 3. The lowest BCUT2D eigenvalue weighted by Gasteiger charge is -2.56. The largest absolute Gasteiger partial charge is 0.433 e. The first-order valence-corrected chi connectivity index (χ1v) is 9.67. The molecular formula is C19H17F3N4S. The van der Waals surface area contributed by atoms with Crippen molar-refractivity contribution in [2.24, 2.45) is 0 Å². The van der Waals surface area contributed by atoms with Gasteiger partial charge in [0.05, 0.1) is 10.2 Å². The first kappa shape index (κ1) is 16.9. The van der Waals surface area contributed by atoms with Crippen molar-refractivity contribution in [3.8, 4) is 0 Å². The second-order valence-corrected chi connectivity index (χ2v) is 8.17. The van der Waals surface area contributed by atoms with E-state index in [0.717, 1.165) is 41.8 Å². The molecule has 27 heavy (non-hydrogen) atoms. The highest BCUT2D eigenvalue weighted by Crippen LogP contribution is 2.40. The van der Waals surface area contributed by atoms with E-state index in [2.05, 4.69) is 20.9 Å². The molecule has 0 saturated carbocycles. The summed E-state index contributed by atoms with van der Waals surface area (Å²) in [6, 6.07) is 11.6. The molecule has 0 N–H and O–H groups in total. The second kappa shape index (κ2) is 6.17. The quantitative estimate of drug-likeness (QED) is 0.672. The van der Waals surface area contributed by atoms with E-state index in [-0.39, 0.29) is 0 Å². The van der Waals surface area contributed by atoms with Crippen LogP contribution in [-0.4, -0.2) is 40.0 Å². The van der Waals surface area contributed by atoms with E-state index in [1.165, 1.54) is 17.0 Å². The number of pyridine rings is 1. The maximum Gasteiger partial charge on any atom is 0.433 e. The third-order valence-electron chi connectivity index (χ3n) is 5.29. The summed E-state index contributed by atoms with van der Waals surface area (Å²) in [7, 11) is 0. The van der Waals surface area contributed by atoms with Gasteiger partial charge in [-0.15, -0.1) is 0 Å². The average Bonchev–Trinajstić information content (AvgIpc) is 3.04. The van der Waals surface area contributed by atoms with Crippen molar-refractivity contribution in [1.82, 2.24) is 14.9 Å². The summed E-state index contributed by atoms with van der Waals surface area (Å²) in [5, 5.41) is 1.08. The van der Waals surface area contributed by atoms with Crippen LogP contribution in [0.2, 0.25) is 0 Å². The highest BCUT2D eigenvalue weighted by atomic mass is 32.1. The fraction of sp³-hybridized carbons (Fsp3) is 0.368. The Morgan fingerprint density at radius 3 is 2.52 bits per heavy atom. The van der Waals surface area contributed by atoms with Gasteiger partial charge in [-0.1, -0.05) is 29.5 Å². The Balaban J connectivity index is 1.26. The van der Waals surface area contributed by atoms with E-state index >= 15 is 0 Å². The first-order valence-electron chi connectivity index (χ1n) is 8.86. The fourth-order valence-electron chi connectivity index (χ4n) is 4.05. The van der Waals surface area contributed by atoms with Crippen molar-refractivity contribution in [1.29, 1.82) is 0 Å². The fourth-order valence-corrected chi connectivity index (χ4v) is 5.16. The molecule has 4 nitrogen and oxygen atoms in total. The monoisotopic (exact) mass is 390 g/mol. The van der Waals surface area contributed by atoms with Gasteiger partial charge in [-0.05, 0) is 30.2 Å². The number of fused-ring (bicyclic) bond motifs is 3. The highest BCUT2D eigenvalue weighted by molar-refractivity contribution is 7.22. The zero-order chi connectivity index (χ0) is 18.6. The SMILES string of the molecule is FC(F)(F)c1ccc(CN2CC3CC(C2)N3c2nc3ccccc3s2)cn1. The highest BCUT2D eigenvalue weighted by Gasteiger charge is 2.45. The van der Waals surface area contributed by atoms with Crippen LogP contribution in [0.15, 0.2) is 42.6 Å². The number of nitrogens with zero attached hydrogens (tertiary/aromatic N) is 4. The predicted molar refractivity (Wildman–Crippen MR) is 98.8 cm³/mol. The van der Waals surface area contributed by atoms with Gasteiger partial charge in [0.25, 0.3) is 0 Å². The Bertz CT molecular complexity index is 924. The van der Waals surface area contributed by atoms with Crippen molar-refractivity contribution in [3.63, 3.8) is 0 Å². The summed E-state index contributed by atoms with van der Waals surface area (Å²) in [5.41, 5.74) is 1.01. The number of thiazole rings is 1. The second-order valence-electron chi connectivity index (χ2n) is 7.16. The molecule has 3 fully saturated rings. The molecule has 8 heteroatoms. The van der Waals surface area contributed by atoms with Crippen LogP contribution in [0.1, 0.15) is 17.7 Å². The number of anilines is 1. The Morgan fingerprint density at radius 2 is 1.85 bits per heavy atom. The topological polar surface area (TPSA) is 32.3 Å². The summed E-state index contributed by atoms with van der Waals surface area (Å²) in [4.78, 5) is 13.0. The molecule has 2 aromatic heterocycles. The van der Waals surface area contributed by atoms with Crippen LogP contribution in [0.5, 0.6) is 0 Å². The molecule has 3 aliphatic rings. The third kappa shape index (κ3) is 3.06. The van der Waals surface area contributed by atoms with Gasteiger partial charge in [-0.25, -0.2) is 4.98 Å². The normalized spacial score (nSPS) is 22.9. The van der Waals surface area contributed by atoms with E-state index in [1.807, 2.05) is 18.2 Å². The molecule has 2 atom stereocenters. The van der Waals surface area contributed by atoms with Gasteiger partial charge in [0.15, 0.2) is 5.13 Å². The van der Waals surface area contributed by atoms with Crippen LogP contribution in [0, 0.1) is 0 Å². The summed E-state index contributed by atoms with van der Waals surface area (Å²) < 4.78 is 39.1. The number of piperazine rings is 1. The minimum Gasteiger partial charge on any atom is -0.339 e. The zero-order valence-electron chi connectivity index (χ0n) is 14.4. The van der Waals surface area contributed by atoms with Gasteiger partial charge >= 0.3 is 6.18 Å². The van der Waals surface area contributed by atoms with E-state index in [0.29, 0.717) is 18.6 Å². The van der Waals surface area contributed by atoms with Crippen LogP contribution >= 0.6 is 11.3 Å². The summed E-state index contributed by atoms with van der Waals surface area (Å²) >= 11 is 1.73. The third-order valence-corrected chi connectivity index (χ3v) is 6.34. The standard InChI is InChI=1S/C19H17F3N4S/c20-19(21,22)17-6-5-12(8-23-17)9-25-10-13-7-14(11-25)26(13)18-24-15-3-1-2-4-16(15)27-18/h1-6,8,13-14H,7,9-11H2. The Morgan fingerprint density at radius 1 is 1.07 bits per heavy atom. The molecule has 3 aliphatic heterocycles. The van der Waals surface area contributed by atoms with Crippen LogP contribution in [-0.2, 0) is 12.7 Å². The van der Waals surface area contributed by atoms with Gasteiger partial charge in [0.2, 0.25) is 0 Å². The minimum atomic E-state index is -4.39. The van der Waals surface area contributed by atoms with E-state index < -0.39 is 11.9 Å². The van der Waals surface area contributed by atoms with Gasteiger partial charge in [-0.2, -0.15) is 13.2 Å². The molecule has 1 aromatic carbocycles. The Kier molecular flexibility index (Phi) is 3.87. The number of hydrogen-bond donors (Lipinski definition) is 0. The van der Waals surface area contributed by atoms with E-state index in [9.17, 15) is 13.2 Å². The van der Waals surface area contributed by atoms with Crippen LogP contribution in [0.3, 0.4) is 0 Å². The van der Waals surface area contributed by atoms with Crippen molar-refractivity contribution >= 4 is 26.7 Å². The van der Waals surface area contributed by atoms with Crippen molar-refractivity contribution < 1.29 is 13.2 Å². The van der Waals surface area contributed by atoms with Crippen LogP contribution in [0.25, 0.3) is 10.2 Å². The predicted octanol–water partition coefficient (Wildman–Crippen LogP) is 4.17. The van der Waals surface area contributed by atoms with Gasteiger partial charge < -0.3 is 4.90 Å². The molecular weight excluding hydrogens is 373 g/mol. The van der Waals surface area contributed by atoms with Gasteiger partial charge in [0, 0.05) is 37.9 Å². The molecule has 5 heterocycles. The number of hydrogen-bond acceptors (Lipinski definition) is 5. The molecule has 3 saturated heterocycles. The Hall–Kier alpha value is -2.19. The number of para-hydroxylation sites is 1. The first-order chi connectivity index (χ1) is 13.0. The minimum absolute atomic E-state index is 0.423. The summed E-state index contributed by atoms with van der Waals surface area (Å²) in [5.74, 6) is 0. The molecule has 0 radical (unpaired) electrons. The summed E-state index contributed by atoms with van der Waals surface area (Å²) in [6.45, 7) is 2.42. The Labute approximate surface area is 158 Å². The molecule has 0 spiro atoms. The average molecular weight is 390 g/mol. The molecule has 0 amide bonds. The lowest BCUT2D eigenvalue weighted by molar-refractivity contribution is -0.141. The van der Waals surface area contributed by atoms with Crippen molar-refractivity contribution in [2.45, 2.75) is 31.2 Å². The number of piperidine rings is 1. The number of aromatic nitrogens is 2.